The molecule has 1 atom stereocenters. The Bertz CT molecular complexity index is 971. The number of ether oxygens (including phenoxy) is 1. The van der Waals surface area contributed by atoms with Crippen LogP contribution in [-0.4, -0.2) is 48.5 Å². The summed E-state index contributed by atoms with van der Waals surface area (Å²) in [5.41, 5.74) is 6.59. The van der Waals surface area contributed by atoms with E-state index in [1.165, 1.54) is 0 Å². The standard InChI is InChI=1S/C22H24N4O4/c23-22(29)24-16-8-6-7-15(13-16)20(27)26-14-19(21(28)25-11-4-1-5-12-25)30-18-10-3-2-9-17(18)26/h2-3,6-10,13,19H,1,4-5,11-12,14H2,(H3,23,24,29)/t19-/m1/s1. The molecule has 2 heterocycles. The normalized spacial score (nSPS) is 18.2. The number of likely N-dealkylation sites (tertiary alicyclic amines) is 1. The van der Waals surface area contributed by atoms with Crippen LogP contribution in [0.3, 0.4) is 0 Å². The van der Waals surface area contributed by atoms with Gasteiger partial charge in [0.15, 0.2) is 6.10 Å². The molecule has 2 aromatic carbocycles. The Hall–Kier alpha value is -3.55. The number of primary amides is 1. The number of carbonyl (C=O) groups excluding carboxylic acids is 3. The molecule has 2 aliphatic rings. The smallest absolute Gasteiger partial charge is 0.316 e. The molecular weight excluding hydrogens is 384 g/mol. The lowest BCUT2D eigenvalue weighted by Crippen LogP contribution is -2.52. The summed E-state index contributed by atoms with van der Waals surface area (Å²) in [6.45, 7) is 1.56. The number of nitrogens with zero attached hydrogens (tertiary/aromatic N) is 2. The fraction of sp³-hybridized carbons (Fsp3) is 0.318. The van der Waals surface area contributed by atoms with E-state index >= 15 is 0 Å². The number of nitrogens with one attached hydrogen (secondary N) is 1. The van der Waals surface area contributed by atoms with Crippen LogP contribution in [0.1, 0.15) is 29.6 Å². The highest BCUT2D eigenvalue weighted by atomic mass is 16.5. The van der Waals surface area contributed by atoms with Crippen LogP contribution in [0.5, 0.6) is 5.75 Å². The van der Waals surface area contributed by atoms with Gasteiger partial charge in [0.25, 0.3) is 11.8 Å². The number of nitrogens with two attached hydrogens (primary N) is 1. The first-order valence-corrected chi connectivity index (χ1v) is 10.1. The molecule has 4 rings (SSSR count). The van der Waals surface area contributed by atoms with Crippen molar-refractivity contribution in [1.29, 1.82) is 0 Å². The van der Waals surface area contributed by atoms with Gasteiger partial charge in [0.2, 0.25) is 0 Å². The highest BCUT2D eigenvalue weighted by molar-refractivity contribution is 6.08. The highest BCUT2D eigenvalue weighted by Crippen LogP contribution is 2.35. The molecule has 8 nitrogen and oxygen atoms in total. The van der Waals surface area contributed by atoms with E-state index < -0.39 is 12.1 Å². The molecule has 1 saturated heterocycles. The zero-order valence-electron chi connectivity index (χ0n) is 16.5. The number of carbonyl (C=O) groups is 3. The van der Waals surface area contributed by atoms with Crippen molar-refractivity contribution in [3.63, 3.8) is 0 Å². The second-order valence-corrected chi connectivity index (χ2v) is 7.45. The molecule has 2 aromatic rings. The summed E-state index contributed by atoms with van der Waals surface area (Å²) in [4.78, 5) is 40.9. The number of urea groups is 1. The average Bonchev–Trinajstić information content (AvgIpc) is 2.77. The predicted molar refractivity (Wildman–Crippen MR) is 113 cm³/mol. The lowest BCUT2D eigenvalue weighted by atomic mass is 10.1. The highest BCUT2D eigenvalue weighted by Gasteiger charge is 2.36. The predicted octanol–water partition coefficient (Wildman–Crippen LogP) is 2.60. The molecule has 0 aromatic heterocycles. The number of fused-ring (bicyclic) bond motifs is 1. The van der Waals surface area contributed by atoms with Gasteiger partial charge in [-0.3, -0.25) is 9.59 Å². The molecule has 1 fully saturated rings. The minimum absolute atomic E-state index is 0.0915. The quantitative estimate of drug-likeness (QED) is 0.814. The van der Waals surface area contributed by atoms with Gasteiger partial charge in [-0.15, -0.1) is 0 Å². The Labute approximate surface area is 174 Å². The van der Waals surface area contributed by atoms with Gasteiger partial charge in [-0.05, 0) is 49.6 Å². The number of benzene rings is 2. The molecule has 8 heteroatoms. The van der Waals surface area contributed by atoms with Crippen LogP contribution >= 0.6 is 0 Å². The minimum atomic E-state index is -0.756. The Kier molecular flexibility index (Phi) is 5.56. The zero-order valence-corrected chi connectivity index (χ0v) is 16.5. The lowest BCUT2D eigenvalue weighted by molar-refractivity contribution is -0.139. The van der Waals surface area contributed by atoms with Gasteiger partial charge >= 0.3 is 6.03 Å². The number of amides is 4. The lowest BCUT2D eigenvalue weighted by Gasteiger charge is -2.37. The van der Waals surface area contributed by atoms with Crippen molar-refractivity contribution in [3.05, 3.63) is 54.1 Å². The van der Waals surface area contributed by atoms with Crippen LogP contribution < -0.4 is 20.7 Å². The number of para-hydroxylation sites is 2. The Balaban J connectivity index is 1.62. The molecule has 0 unspecified atom stereocenters. The van der Waals surface area contributed by atoms with Crippen molar-refractivity contribution in [1.82, 2.24) is 4.90 Å². The molecule has 3 N–H and O–H groups in total. The van der Waals surface area contributed by atoms with Gasteiger partial charge in [0, 0.05) is 24.3 Å². The SMILES string of the molecule is NC(=O)Nc1cccc(C(=O)N2C[C@H](C(=O)N3CCCCC3)Oc3ccccc32)c1. The zero-order chi connectivity index (χ0) is 21.1. The van der Waals surface area contributed by atoms with E-state index in [2.05, 4.69) is 5.32 Å². The van der Waals surface area contributed by atoms with Crippen LogP contribution in [0, 0.1) is 0 Å². The van der Waals surface area contributed by atoms with E-state index in [1.54, 1.807) is 41.3 Å². The summed E-state index contributed by atoms with van der Waals surface area (Å²) < 4.78 is 5.98. The van der Waals surface area contributed by atoms with Gasteiger partial charge in [-0.2, -0.15) is 0 Å². The summed E-state index contributed by atoms with van der Waals surface area (Å²) in [6.07, 6.45) is 2.33. The number of piperidine rings is 1. The topological polar surface area (TPSA) is 105 Å². The second-order valence-electron chi connectivity index (χ2n) is 7.45. The van der Waals surface area contributed by atoms with Crippen LogP contribution in [0.25, 0.3) is 0 Å². The van der Waals surface area contributed by atoms with Crippen molar-refractivity contribution in [3.8, 4) is 5.75 Å². The van der Waals surface area contributed by atoms with E-state index in [1.807, 2.05) is 17.0 Å². The number of anilines is 2. The van der Waals surface area contributed by atoms with Crippen LogP contribution in [0.2, 0.25) is 0 Å². The summed E-state index contributed by atoms with van der Waals surface area (Å²) in [7, 11) is 0. The van der Waals surface area contributed by atoms with E-state index in [-0.39, 0.29) is 18.4 Å². The Morgan fingerprint density at radius 2 is 1.77 bits per heavy atom. The molecule has 0 bridgehead atoms. The molecule has 0 aliphatic carbocycles. The summed E-state index contributed by atoms with van der Waals surface area (Å²) in [6, 6.07) is 13.0. The summed E-state index contributed by atoms with van der Waals surface area (Å²) >= 11 is 0. The third-order valence-electron chi connectivity index (χ3n) is 5.34. The van der Waals surface area contributed by atoms with Gasteiger partial charge in [-0.1, -0.05) is 18.2 Å². The van der Waals surface area contributed by atoms with Crippen LogP contribution in [0.15, 0.2) is 48.5 Å². The Morgan fingerprint density at radius 1 is 1.00 bits per heavy atom. The molecule has 0 saturated carbocycles. The van der Waals surface area contributed by atoms with E-state index in [9.17, 15) is 14.4 Å². The third kappa shape index (κ3) is 4.07. The monoisotopic (exact) mass is 408 g/mol. The van der Waals surface area contributed by atoms with Crippen molar-refractivity contribution >= 4 is 29.2 Å². The van der Waals surface area contributed by atoms with Gasteiger partial charge in [-0.25, -0.2) is 4.79 Å². The number of hydrogen-bond donors (Lipinski definition) is 2. The Morgan fingerprint density at radius 3 is 2.53 bits per heavy atom. The first kappa shape index (κ1) is 19.8. The molecule has 0 spiro atoms. The van der Waals surface area contributed by atoms with Crippen LogP contribution in [-0.2, 0) is 4.79 Å². The molecule has 0 radical (unpaired) electrons. The molecule has 4 amide bonds. The molecule has 2 aliphatic heterocycles. The van der Waals surface area contributed by atoms with Gasteiger partial charge in [0.05, 0.1) is 12.2 Å². The molecular formula is C22H24N4O4. The van der Waals surface area contributed by atoms with Gasteiger partial charge < -0.3 is 25.6 Å². The van der Waals surface area contributed by atoms with Crippen molar-refractivity contribution < 1.29 is 19.1 Å². The van der Waals surface area contributed by atoms with Crippen molar-refractivity contribution in [2.75, 3.05) is 29.9 Å². The number of rotatable bonds is 3. The summed E-state index contributed by atoms with van der Waals surface area (Å²) in [5.74, 6) is 0.125. The maximum absolute atomic E-state index is 13.3. The van der Waals surface area contributed by atoms with Gasteiger partial charge in [0.1, 0.15) is 5.75 Å². The fourth-order valence-electron chi connectivity index (χ4n) is 3.90. The third-order valence-corrected chi connectivity index (χ3v) is 5.34. The van der Waals surface area contributed by atoms with Crippen molar-refractivity contribution in [2.24, 2.45) is 5.73 Å². The van der Waals surface area contributed by atoms with E-state index in [0.717, 1.165) is 32.4 Å². The minimum Gasteiger partial charge on any atom is -0.476 e. The fourth-order valence-corrected chi connectivity index (χ4v) is 3.90. The van der Waals surface area contributed by atoms with Crippen LogP contribution in [0.4, 0.5) is 16.2 Å². The first-order valence-electron chi connectivity index (χ1n) is 10.1. The second kappa shape index (κ2) is 8.44. The van der Waals surface area contributed by atoms with E-state index in [0.29, 0.717) is 22.7 Å². The molecule has 156 valence electrons. The summed E-state index contributed by atoms with van der Waals surface area (Å²) in [5, 5.41) is 2.47. The number of hydrogen-bond acceptors (Lipinski definition) is 4. The largest absolute Gasteiger partial charge is 0.476 e. The average molecular weight is 408 g/mol. The first-order chi connectivity index (χ1) is 14.5. The maximum atomic E-state index is 13.3. The van der Waals surface area contributed by atoms with Crippen molar-refractivity contribution in [2.45, 2.75) is 25.4 Å². The maximum Gasteiger partial charge on any atom is 0.316 e. The molecule has 30 heavy (non-hydrogen) atoms. The van der Waals surface area contributed by atoms with E-state index in [4.69, 9.17) is 10.5 Å².